The molecule has 2 N–H and O–H groups in total. The number of nitrogens with one attached hydrogen (secondary N) is 2. The third-order valence-electron chi connectivity index (χ3n) is 5.35. The Morgan fingerprint density at radius 1 is 1.14 bits per heavy atom. The molecule has 29 heavy (non-hydrogen) atoms. The predicted octanol–water partition coefficient (Wildman–Crippen LogP) is 3.49. The quantitative estimate of drug-likeness (QED) is 0.733. The van der Waals surface area contributed by atoms with E-state index in [1.54, 1.807) is 6.92 Å². The van der Waals surface area contributed by atoms with Crippen LogP contribution in [0.3, 0.4) is 0 Å². The minimum Gasteiger partial charge on any atom is -0.324 e. The number of rotatable bonds is 6. The van der Waals surface area contributed by atoms with Crippen LogP contribution < -0.4 is 10.6 Å². The van der Waals surface area contributed by atoms with Gasteiger partial charge in [0.25, 0.3) is 5.91 Å². The Kier molecular flexibility index (Phi) is 5.68. The van der Waals surface area contributed by atoms with Crippen molar-refractivity contribution in [3.63, 3.8) is 0 Å². The van der Waals surface area contributed by atoms with Crippen LogP contribution in [0.1, 0.15) is 37.0 Å². The fourth-order valence-corrected chi connectivity index (χ4v) is 3.67. The van der Waals surface area contributed by atoms with Gasteiger partial charge < -0.3 is 10.6 Å². The van der Waals surface area contributed by atoms with Gasteiger partial charge >= 0.3 is 6.03 Å². The Labute approximate surface area is 169 Å². The highest BCUT2D eigenvalue weighted by Crippen LogP contribution is 2.32. The average molecular weight is 397 g/mol. The molecule has 0 saturated carbocycles. The van der Waals surface area contributed by atoms with E-state index in [0.717, 1.165) is 22.4 Å². The summed E-state index contributed by atoms with van der Waals surface area (Å²) in [5.41, 5.74) is 1.76. The minimum absolute atomic E-state index is 0.277. The predicted molar refractivity (Wildman–Crippen MR) is 108 cm³/mol. The second kappa shape index (κ2) is 8.03. The van der Waals surface area contributed by atoms with Crippen LogP contribution in [0.4, 0.5) is 14.9 Å². The molecule has 0 aromatic heterocycles. The van der Waals surface area contributed by atoms with Gasteiger partial charge in [-0.15, -0.1) is 0 Å². The van der Waals surface area contributed by atoms with Gasteiger partial charge in [-0.3, -0.25) is 14.5 Å². The van der Waals surface area contributed by atoms with Gasteiger partial charge in [-0.25, -0.2) is 9.18 Å². The highest BCUT2D eigenvalue weighted by Gasteiger charge is 2.51. The van der Waals surface area contributed by atoms with E-state index in [1.807, 2.05) is 32.0 Å². The number of halogens is 1. The lowest BCUT2D eigenvalue weighted by molar-refractivity contribution is -0.134. The fourth-order valence-electron chi connectivity index (χ4n) is 3.67. The van der Waals surface area contributed by atoms with Crippen molar-refractivity contribution < 1.29 is 18.8 Å². The molecule has 2 aromatic rings. The monoisotopic (exact) mass is 397 g/mol. The maximum atomic E-state index is 13.3. The number of nitrogens with zero attached hydrogens (tertiary/aromatic N) is 1. The highest BCUT2D eigenvalue weighted by atomic mass is 19.1. The third kappa shape index (κ3) is 3.72. The number of aryl methyl sites for hydroxylation is 2. The molecular formula is C22H24FN3O3. The zero-order valence-electron chi connectivity index (χ0n) is 16.7. The molecule has 1 aliphatic heterocycles. The first-order valence-corrected chi connectivity index (χ1v) is 9.61. The molecule has 0 radical (unpaired) electrons. The van der Waals surface area contributed by atoms with Crippen LogP contribution in [-0.2, 0) is 21.5 Å². The molecule has 2 aromatic carbocycles. The van der Waals surface area contributed by atoms with Crippen molar-refractivity contribution in [3.05, 3.63) is 65.0 Å². The number of hydrogen-bond donors (Lipinski definition) is 2. The van der Waals surface area contributed by atoms with Gasteiger partial charge in [0.15, 0.2) is 0 Å². The molecule has 3 rings (SSSR count). The standard InChI is InChI=1S/C22H24FN3O3/c1-4-15-8-6-7-14(3)19(15)24-18(27)13-26-20(28)22(5-2,25-21(26)29)16-9-11-17(23)12-10-16/h6-12H,4-5,13H2,1-3H3,(H,24,27)(H,25,29). The van der Waals surface area contributed by atoms with Crippen molar-refractivity contribution in [2.75, 3.05) is 11.9 Å². The van der Waals surface area contributed by atoms with Gasteiger partial charge in [-0.05, 0) is 48.6 Å². The maximum absolute atomic E-state index is 13.3. The molecule has 152 valence electrons. The first-order valence-electron chi connectivity index (χ1n) is 9.61. The number of carbonyl (C=O) groups excluding carboxylic acids is 3. The molecule has 0 spiro atoms. The van der Waals surface area contributed by atoms with Gasteiger partial charge in [0.1, 0.15) is 17.9 Å². The highest BCUT2D eigenvalue weighted by molar-refractivity contribution is 6.10. The number of amides is 4. The first kappa shape index (κ1) is 20.5. The number of para-hydroxylation sites is 1. The van der Waals surface area contributed by atoms with E-state index in [1.165, 1.54) is 24.3 Å². The van der Waals surface area contributed by atoms with Crippen LogP contribution in [0, 0.1) is 12.7 Å². The number of urea groups is 1. The lowest BCUT2D eigenvalue weighted by atomic mass is 9.87. The molecule has 1 fully saturated rings. The largest absolute Gasteiger partial charge is 0.325 e. The Balaban J connectivity index is 1.81. The molecule has 0 bridgehead atoms. The maximum Gasteiger partial charge on any atom is 0.325 e. The zero-order chi connectivity index (χ0) is 21.2. The summed E-state index contributed by atoms with van der Waals surface area (Å²) in [4.78, 5) is 39.2. The Hall–Kier alpha value is -3.22. The summed E-state index contributed by atoms with van der Waals surface area (Å²) < 4.78 is 13.3. The third-order valence-corrected chi connectivity index (χ3v) is 5.35. The van der Waals surface area contributed by atoms with Crippen LogP contribution in [0.5, 0.6) is 0 Å². The molecule has 1 aliphatic rings. The van der Waals surface area contributed by atoms with E-state index in [9.17, 15) is 18.8 Å². The van der Waals surface area contributed by atoms with Crippen LogP contribution in [0.2, 0.25) is 0 Å². The average Bonchev–Trinajstić information content (AvgIpc) is 2.95. The summed E-state index contributed by atoms with van der Waals surface area (Å²) in [6.45, 7) is 5.23. The lowest BCUT2D eigenvalue weighted by Gasteiger charge is -2.25. The summed E-state index contributed by atoms with van der Waals surface area (Å²) in [6.07, 6.45) is 1.02. The van der Waals surface area contributed by atoms with Crippen LogP contribution in [0.15, 0.2) is 42.5 Å². The molecule has 6 nitrogen and oxygen atoms in total. The van der Waals surface area contributed by atoms with Crippen molar-refractivity contribution in [1.29, 1.82) is 0 Å². The van der Waals surface area contributed by atoms with E-state index in [0.29, 0.717) is 11.3 Å². The van der Waals surface area contributed by atoms with Crippen molar-refractivity contribution >= 4 is 23.5 Å². The van der Waals surface area contributed by atoms with Crippen LogP contribution >= 0.6 is 0 Å². The van der Waals surface area contributed by atoms with E-state index < -0.39 is 35.7 Å². The second-order valence-corrected chi connectivity index (χ2v) is 7.10. The number of imide groups is 1. The van der Waals surface area contributed by atoms with Gasteiger partial charge in [-0.1, -0.05) is 44.2 Å². The Morgan fingerprint density at radius 2 is 1.83 bits per heavy atom. The zero-order valence-corrected chi connectivity index (χ0v) is 16.7. The Bertz CT molecular complexity index is 958. The van der Waals surface area contributed by atoms with Gasteiger partial charge in [0.2, 0.25) is 5.91 Å². The van der Waals surface area contributed by atoms with Gasteiger partial charge in [-0.2, -0.15) is 0 Å². The summed E-state index contributed by atoms with van der Waals surface area (Å²) in [6, 6.07) is 10.5. The number of hydrogen-bond acceptors (Lipinski definition) is 3. The molecule has 1 atom stereocenters. The van der Waals surface area contributed by atoms with Gasteiger partial charge in [0.05, 0.1) is 0 Å². The molecule has 0 aliphatic carbocycles. The summed E-state index contributed by atoms with van der Waals surface area (Å²) in [5, 5.41) is 5.52. The van der Waals surface area contributed by atoms with Crippen molar-refractivity contribution in [2.24, 2.45) is 0 Å². The van der Waals surface area contributed by atoms with Gasteiger partial charge in [0, 0.05) is 5.69 Å². The van der Waals surface area contributed by atoms with E-state index in [4.69, 9.17) is 0 Å². The molecule has 4 amide bonds. The number of carbonyl (C=O) groups is 3. The van der Waals surface area contributed by atoms with E-state index in [2.05, 4.69) is 10.6 Å². The fraction of sp³-hybridized carbons (Fsp3) is 0.318. The smallest absolute Gasteiger partial charge is 0.324 e. The first-order chi connectivity index (χ1) is 13.8. The normalized spacial score (nSPS) is 18.7. The van der Waals surface area contributed by atoms with E-state index >= 15 is 0 Å². The Morgan fingerprint density at radius 3 is 2.45 bits per heavy atom. The van der Waals surface area contributed by atoms with Crippen molar-refractivity contribution in [1.82, 2.24) is 10.2 Å². The van der Waals surface area contributed by atoms with Crippen LogP contribution in [-0.4, -0.2) is 29.3 Å². The van der Waals surface area contributed by atoms with Crippen LogP contribution in [0.25, 0.3) is 0 Å². The molecule has 1 heterocycles. The summed E-state index contributed by atoms with van der Waals surface area (Å²) >= 11 is 0. The SMILES string of the molecule is CCc1cccc(C)c1NC(=O)CN1C(=O)NC(CC)(c2ccc(F)cc2)C1=O. The molecule has 1 unspecified atom stereocenters. The second-order valence-electron chi connectivity index (χ2n) is 7.10. The number of benzene rings is 2. The van der Waals surface area contributed by atoms with E-state index in [-0.39, 0.29) is 6.42 Å². The molecule has 7 heteroatoms. The molecular weight excluding hydrogens is 373 g/mol. The molecule has 1 saturated heterocycles. The lowest BCUT2D eigenvalue weighted by Crippen LogP contribution is -2.44. The summed E-state index contributed by atoms with van der Waals surface area (Å²) in [5.74, 6) is -1.41. The minimum atomic E-state index is -1.30. The number of anilines is 1. The van der Waals surface area contributed by atoms with Crippen molar-refractivity contribution in [2.45, 2.75) is 39.2 Å². The summed E-state index contributed by atoms with van der Waals surface area (Å²) in [7, 11) is 0. The van der Waals surface area contributed by atoms with Crippen molar-refractivity contribution in [3.8, 4) is 0 Å². The topological polar surface area (TPSA) is 78.5 Å².